The second-order valence-corrected chi connectivity index (χ2v) is 10.2. The van der Waals surface area contributed by atoms with Gasteiger partial charge in [0, 0.05) is 27.7 Å². The number of aromatic nitrogens is 2. The van der Waals surface area contributed by atoms with Crippen molar-refractivity contribution >= 4 is 27.3 Å². The molecular formula is C25H22BrF7N3O4S+. The van der Waals surface area contributed by atoms with Crippen molar-refractivity contribution in [2.45, 2.75) is 44.3 Å². The van der Waals surface area contributed by atoms with Gasteiger partial charge in [-0.05, 0) is 70.8 Å². The van der Waals surface area contributed by atoms with Gasteiger partial charge in [-0.15, -0.1) is 11.3 Å². The second-order valence-electron chi connectivity index (χ2n) is 8.23. The molecule has 0 saturated carbocycles. The molecule has 0 spiro atoms. The first-order chi connectivity index (χ1) is 19.3. The topological polar surface area (TPSA) is 101 Å². The Hall–Kier alpha value is -3.05. The van der Waals surface area contributed by atoms with Crippen molar-refractivity contribution in [1.29, 1.82) is 0 Å². The molecule has 3 rings (SSSR count). The molecule has 0 aliphatic rings. The minimum atomic E-state index is -5.24. The first-order valence-corrected chi connectivity index (χ1v) is 13.1. The van der Waals surface area contributed by atoms with Crippen LogP contribution in [0, 0.1) is 0 Å². The normalized spacial score (nSPS) is 15.0. The Bertz CT molecular complexity index is 1370. The van der Waals surface area contributed by atoms with Gasteiger partial charge in [-0.1, -0.05) is 12.1 Å². The van der Waals surface area contributed by atoms with Crippen molar-refractivity contribution in [1.82, 2.24) is 9.97 Å². The van der Waals surface area contributed by atoms with Crippen molar-refractivity contribution in [3.8, 4) is 11.5 Å². The fraction of sp³-hybridized carbons (Fsp3) is 0.280. The number of aliphatic hydroxyl groups is 1. The van der Waals surface area contributed by atoms with Gasteiger partial charge in [-0.2, -0.15) is 36.2 Å². The van der Waals surface area contributed by atoms with E-state index < -0.39 is 53.1 Å². The molecular weight excluding hydrogens is 651 g/mol. The number of pyridine rings is 1. The summed E-state index contributed by atoms with van der Waals surface area (Å²) in [7, 11) is 0. The number of hydroxylamine groups is 1. The number of benzene rings is 1. The lowest BCUT2D eigenvalue weighted by Gasteiger charge is -2.28. The van der Waals surface area contributed by atoms with Gasteiger partial charge in [-0.25, -0.2) is 10.2 Å². The summed E-state index contributed by atoms with van der Waals surface area (Å²) >= 11 is 3.58. The predicted octanol–water partition coefficient (Wildman–Crippen LogP) is 6.24. The van der Waals surface area contributed by atoms with Crippen LogP contribution in [0.5, 0.6) is 11.5 Å². The van der Waals surface area contributed by atoms with Gasteiger partial charge in [0.2, 0.25) is 0 Å². The molecule has 2 aromatic heterocycles. The molecule has 4 N–H and O–H groups in total. The molecule has 0 saturated heterocycles. The Balaban J connectivity index is 2.17. The summed E-state index contributed by atoms with van der Waals surface area (Å²) in [6.45, 7) is -5.09. The molecule has 2 atom stereocenters. The van der Waals surface area contributed by atoms with Gasteiger partial charge in [0.25, 0.3) is 5.60 Å². The molecule has 0 radical (unpaired) electrons. The van der Waals surface area contributed by atoms with E-state index in [9.17, 15) is 35.8 Å². The highest BCUT2D eigenvalue weighted by Crippen LogP contribution is 2.47. The van der Waals surface area contributed by atoms with Crippen molar-refractivity contribution in [3.05, 3.63) is 92.3 Å². The number of nitrogens with zero attached hydrogens (tertiary/aromatic N) is 2. The minimum absolute atomic E-state index is 0.0343. The zero-order valence-corrected chi connectivity index (χ0v) is 23.2. The highest BCUT2D eigenvalue weighted by Gasteiger charge is 2.59. The Morgan fingerprint density at radius 2 is 1.73 bits per heavy atom. The van der Waals surface area contributed by atoms with Crippen LogP contribution < -0.4 is 15.0 Å². The van der Waals surface area contributed by atoms with E-state index in [0.29, 0.717) is 21.4 Å². The highest BCUT2D eigenvalue weighted by atomic mass is 79.9. The predicted molar refractivity (Wildman–Crippen MR) is 136 cm³/mol. The number of rotatable bonds is 12. The Morgan fingerprint density at radius 1 is 1.05 bits per heavy atom. The third-order valence-electron chi connectivity index (χ3n) is 5.69. The fourth-order valence-electron chi connectivity index (χ4n) is 3.77. The fourth-order valence-corrected chi connectivity index (χ4v) is 5.17. The van der Waals surface area contributed by atoms with Crippen LogP contribution in [-0.2, 0) is 5.60 Å². The van der Waals surface area contributed by atoms with Crippen LogP contribution in [0.15, 0.2) is 71.1 Å². The molecule has 1 aromatic carbocycles. The largest absolute Gasteiger partial charge is 0.431 e. The quantitative estimate of drug-likeness (QED) is 0.120. The van der Waals surface area contributed by atoms with Crippen LogP contribution in [0.3, 0.4) is 0 Å². The zero-order chi connectivity index (χ0) is 30.4. The van der Waals surface area contributed by atoms with Gasteiger partial charge in [0.05, 0.1) is 5.69 Å². The summed E-state index contributed by atoms with van der Waals surface area (Å²) in [5.74, 6) is -2.30. The Morgan fingerprint density at radius 3 is 2.29 bits per heavy atom. The van der Waals surface area contributed by atoms with Gasteiger partial charge in [0.15, 0.2) is 11.5 Å². The second kappa shape index (κ2) is 13.7. The number of allylic oxidation sites excluding steroid dienone is 3. The smallest absolute Gasteiger partial charge is 0.429 e. The SMILES string of the molecule is C/C=C(\C=C/[NH2+]O)CC(c1ccc(OC(F)F)c(OC(F)F)c1)c1cnc(C(O)(c2ccc(Br)cn2)C(F)(F)F)s1. The summed E-state index contributed by atoms with van der Waals surface area (Å²) in [6, 6.07) is 5.50. The lowest BCUT2D eigenvalue weighted by Crippen LogP contribution is -2.73. The van der Waals surface area contributed by atoms with Crippen LogP contribution in [0.25, 0.3) is 0 Å². The highest BCUT2D eigenvalue weighted by molar-refractivity contribution is 9.10. The van der Waals surface area contributed by atoms with Crippen LogP contribution in [0.2, 0.25) is 0 Å². The molecule has 3 aromatic rings. The number of hydrogen-bond acceptors (Lipinski definition) is 7. The standard InChI is InChI=1S/C25H21BrF7N3O4S/c1-2-13(7-8-36-38)9-16(14-3-5-17(39-22(27)28)18(10-14)40-23(29)30)19-12-35-21(41-19)24(37,25(31,32)33)20-6-4-15(26)11-34-20/h2-8,10-12,16,22-23,36-38H,9H2,1H3/p+1/b8-7-,13-2+. The summed E-state index contributed by atoms with van der Waals surface area (Å²) in [5.41, 5.74) is -2.84. The van der Waals surface area contributed by atoms with E-state index in [0.717, 1.165) is 36.1 Å². The van der Waals surface area contributed by atoms with Crippen molar-refractivity contribution < 1.29 is 56.0 Å². The van der Waals surface area contributed by atoms with E-state index >= 15 is 0 Å². The molecule has 2 heterocycles. The van der Waals surface area contributed by atoms with E-state index in [-0.39, 0.29) is 16.9 Å². The average molecular weight is 673 g/mol. The first kappa shape index (κ1) is 32.5. The molecule has 0 amide bonds. The lowest BCUT2D eigenvalue weighted by atomic mass is 9.90. The van der Waals surface area contributed by atoms with E-state index in [2.05, 4.69) is 35.4 Å². The Labute approximate surface area is 241 Å². The van der Waals surface area contributed by atoms with E-state index in [1.807, 2.05) is 0 Å². The molecule has 0 aliphatic heterocycles. The average Bonchev–Trinajstić information content (AvgIpc) is 3.39. The van der Waals surface area contributed by atoms with Gasteiger partial charge in [0.1, 0.15) is 11.2 Å². The summed E-state index contributed by atoms with van der Waals surface area (Å²) in [4.78, 5) is 7.73. The molecule has 0 fully saturated rings. The van der Waals surface area contributed by atoms with Crippen LogP contribution >= 0.6 is 27.3 Å². The van der Waals surface area contributed by atoms with Crippen molar-refractivity contribution in [2.24, 2.45) is 0 Å². The number of hydrogen-bond donors (Lipinski definition) is 3. The van der Waals surface area contributed by atoms with Gasteiger partial charge < -0.3 is 14.6 Å². The Kier molecular flexibility index (Phi) is 10.9. The third-order valence-corrected chi connectivity index (χ3v) is 7.38. The number of ether oxygens (including phenoxy) is 2. The number of quaternary nitrogens is 1. The van der Waals surface area contributed by atoms with Crippen molar-refractivity contribution in [2.75, 3.05) is 0 Å². The maximum atomic E-state index is 14.3. The van der Waals surface area contributed by atoms with Crippen LogP contribution in [0.4, 0.5) is 30.7 Å². The molecule has 0 aliphatic carbocycles. The minimum Gasteiger partial charge on any atom is -0.431 e. The molecule has 0 bridgehead atoms. The molecule has 41 heavy (non-hydrogen) atoms. The van der Waals surface area contributed by atoms with E-state index in [4.69, 9.17) is 5.21 Å². The van der Waals surface area contributed by atoms with Crippen LogP contribution in [-0.4, -0.2) is 39.7 Å². The first-order valence-electron chi connectivity index (χ1n) is 11.5. The number of alkyl halides is 7. The zero-order valence-electron chi connectivity index (χ0n) is 20.8. The molecule has 222 valence electrons. The van der Waals surface area contributed by atoms with Gasteiger partial charge in [-0.3, -0.25) is 4.98 Å². The summed E-state index contributed by atoms with van der Waals surface area (Å²) in [5, 5.41) is 19.2. The molecule has 16 heteroatoms. The van der Waals surface area contributed by atoms with E-state index in [1.165, 1.54) is 24.4 Å². The van der Waals surface area contributed by atoms with Crippen LogP contribution in [0.1, 0.15) is 40.4 Å². The molecule has 2 unspecified atom stereocenters. The monoisotopic (exact) mass is 672 g/mol. The summed E-state index contributed by atoms with van der Waals surface area (Å²) in [6.07, 6.45) is 1.39. The summed E-state index contributed by atoms with van der Waals surface area (Å²) < 4.78 is 104. The third kappa shape index (κ3) is 7.82. The lowest BCUT2D eigenvalue weighted by molar-refractivity contribution is -0.838. The number of nitrogens with two attached hydrogens (primary N) is 1. The maximum Gasteiger partial charge on any atom is 0.429 e. The number of halogens is 8. The molecule has 7 nitrogen and oxygen atoms in total. The van der Waals surface area contributed by atoms with E-state index in [1.54, 1.807) is 13.0 Å². The van der Waals surface area contributed by atoms with Gasteiger partial charge >= 0.3 is 19.4 Å². The maximum absolute atomic E-state index is 14.3. The number of thiazole rings is 1. The van der Waals surface area contributed by atoms with Crippen molar-refractivity contribution in [3.63, 3.8) is 0 Å².